The summed E-state index contributed by atoms with van der Waals surface area (Å²) in [4.78, 5) is 0. The van der Waals surface area contributed by atoms with Gasteiger partial charge in [0.05, 0.1) is 18.8 Å². The summed E-state index contributed by atoms with van der Waals surface area (Å²) in [6.45, 7) is 1.63. The lowest BCUT2D eigenvalue weighted by Gasteiger charge is -2.32. The minimum absolute atomic E-state index is 0.207. The highest BCUT2D eigenvalue weighted by Gasteiger charge is 2.40. The molecule has 0 bridgehead atoms. The number of unbranched alkanes of at least 4 members (excludes halogenated alkanes) is 2. The van der Waals surface area contributed by atoms with Crippen molar-refractivity contribution in [2.75, 3.05) is 13.2 Å². The van der Waals surface area contributed by atoms with Gasteiger partial charge in [0.25, 0.3) is 0 Å². The summed E-state index contributed by atoms with van der Waals surface area (Å²) in [7, 11) is 0. The molecule has 0 spiro atoms. The van der Waals surface area contributed by atoms with Gasteiger partial charge in [-0.3, -0.25) is 0 Å². The molecular weight excluding hydrogens is 551 g/mol. The fourth-order valence-corrected chi connectivity index (χ4v) is 6.02. The lowest BCUT2D eigenvalue weighted by atomic mass is 9.77. The van der Waals surface area contributed by atoms with E-state index in [0.717, 1.165) is 35.7 Å². The molecule has 8 heteroatoms. The van der Waals surface area contributed by atoms with Crippen LogP contribution in [0.3, 0.4) is 0 Å². The molecule has 2 fully saturated rings. The van der Waals surface area contributed by atoms with E-state index in [1.807, 2.05) is 12.1 Å². The number of hydrogen-bond donors (Lipinski definition) is 0. The number of ether oxygens (including phenoxy) is 3. The second-order valence-corrected chi connectivity index (χ2v) is 11.5. The Morgan fingerprint density at radius 2 is 1.40 bits per heavy atom. The molecule has 226 valence electrons. The van der Waals surface area contributed by atoms with Crippen LogP contribution in [0.2, 0.25) is 0 Å². The standard InChI is InChI=1S/C34H37F5O3/c1-2-3-4-5-22-6-8-23(9-7-22)24-10-12-25(13-11-24)26-14-16-29(31(36)18-26)34(38,39)42-28-20-40-33(41-21-28)27-15-17-30(35)32(37)19-27/h10-19,22-23,28,33H,2-9,20-21H2,1H3. The van der Waals surface area contributed by atoms with Crippen LogP contribution in [0.5, 0.6) is 0 Å². The summed E-state index contributed by atoms with van der Waals surface area (Å²) in [5, 5.41) is 0. The van der Waals surface area contributed by atoms with Crippen LogP contribution >= 0.6 is 0 Å². The summed E-state index contributed by atoms with van der Waals surface area (Å²) in [5.41, 5.74) is 1.84. The van der Waals surface area contributed by atoms with Crippen LogP contribution in [-0.4, -0.2) is 19.3 Å². The van der Waals surface area contributed by atoms with E-state index in [-0.39, 0.29) is 18.8 Å². The Bertz CT molecular complexity index is 1310. The lowest BCUT2D eigenvalue weighted by Crippen LogP contribution is -2.38. The normalized spacial score (nSPS) is 23.2. The molecule has 0 unspecified atom stereocenters. The first-order valence-corrected chi connectivity index (χ1v) is 14.9. The van der Waals surface area contributed by atoms with Crippen molar-refractivity contribution < 1.29 is 36.2 Å². The molecule has 5 rings (SSSR count). The monoisotopic (exact) mass is 588 g/mol. The molecule has 3 aromatic carbocycles. The highest BCUT2D eigenvalue weighted by atomic mass is 19.3. The second kappa shape index (κ2) is 13.7. The molecular formula is C34H37F5O3. The van der Waals surface area contributed by atoms with Crippen LogP contribution in [0.1, 0.15) is 87.2 Å². The van der Waals surface area contributed by atoms with E-state index in [0.29, 0.717) is 11.5 Å². The van der Waals surface area contributed by atoms with Gasteiger partial charge in [0.15, 0.2) is 17.9 Å². The number of rotatable bonds is 10. The van der Waals surface area contributed by atoms with Crippen molar-refractivity contribution >= 4 is 0 Å². The van der Waals surface area contributed by atoms with Gasteiger partial charge in [-0.2, -0.15) is 8.78 Å². The zero-order chi connectivity index (χ0) is 29.7. The Morgan fingerprint density at radius 3 is 2.05 bits per heavy atom. The number of benzene rings is 3. The minimum atomic E-state index is -3.94. The summed E-state index contributed by atoms with van der Waals surface area (Å²) >= 11 is 0. The summed E-state index contributed by atoms with van der Waals surface area (Å²) in [6, 6.07) is 14.7. The van der Waals surface area contributed by atoms with Gasteiger partial charge in [-0.25, -0.2) is 13.2 Å². The molecule has 3 nitrogen and oxygen atoms in total. The first-order chi connectivity index (χ1) is 20.2. The van der Waals surface area contributed by atoms with Crippen LogP contribution < -0.4 is 0 Å². The smallest absolute Gasteiger partial charge is 0.346 e. The van der Waals surface area contributed by atoms with E-state index in [4.69, 9.17) is 14.2 Å². The summed E-state index contributed by atoms with van der Waals surface area (Å²) < 4.78 is 87.2. The van der Waals surface area contributed by atoms with Crippen molar-refractivity contribution in [2.45, 2.75) is 82.7 Å². The van der Waals surface area contributed by atoms with Gasteiger partial charge in [0.1, 0.15) is 11.9 Å². The number of hydrogen-bond acceptors (Lipinski definition) is 3. The molecule has 42 heavy (non-hydrogen) atoms. The van der Waals surface area contributed by atoms with Gasteiger partial charge >= 0.3 is 6.11 Å². The van der Waals surface area contributed by atoms with E-state index < -0.39 is 41.5 Å². The van der Waals surface area contributed by atoms with E-state index >= 15 is 0 Å². The van der Waals surface area contributed by atoms with Crippen molar-refractivity contribution in [2.24, 2.45) is 5.92 Å². The van der Waals surface area contributed by atoms with Crippen LogP contribution in [0.4, 0.5) is 22.0 Å². The number of halogens is 5. The predicted molar refractivity (Wildman–Crippen MR) is 150 cm³/mol. The molecule has 2 aliphatic rings. The fourth-order valence-electron chi connectivity index (χ4n) is 6.02. The Balaban J connectivity index is 1.16. The molecule has 1 saturated heterocycles. The minimum Gasteiger partial charge on any atom is -0.346 e. The van der Waals surface area contributed by atoms with E-state index in [1.54, 1.807) is 0 Å². The first-order valence-electron chi connectivity index (χ1n) is 14.9. The Kier molecular flexibility index (Phi) is 9.96. The zero-order valence-electron chi connectivity index (χ0n) is 23.8. The second-order valence-electron chi connectivity index (χ2n) is 11.5. The summed E-state index contributed by atoms with van der Waals surface area (Å²) in [6.07, 6.45) is 3.89. The van der Waals surface area contributed by atoms with Gasteiger partial charge in [-0.05, 0) is 78.5 Å². The largest absolute Gasteiger partial charge is 0.386 e. The predicted octanol–water partition coefficient (Wildman–Crippen LogP) is 9.81. The van der Waals surface area contributed by atoms with Crippen molar-refractivity contribution in [1.82, 2.24) is 0 Å². The molecule has 0 radical (unpaired) electrons. The third-order valence-electron chi connectivity index (χ3n) is 8.46. The topological polar surface area (TPSA) is 27.7 Å². The van der Waals surface area contributed by atoms with Gasteiger partial charge in [0.2, 0.25) is 0 Å². The molecule has 1 aliphatic heterocycles. The van der Waals surface area contributed by atoms with E-state index in [2.05, 4.69) is 19.1 Å². The molecule has 0 atom stereocenters. The molecule has 1 saturated carbocycles. The number of alkyl halides is 2. The van der Waals surface area contributed by atoms with Crippen LogP contribution in [0.25, 0.3) is 11.1 Å². The Morgan fingerprint density at radius 1 is 0.738 bits per heavy atom. The van der Waals surface area contributed by atoms with Crippen molar-refractivity contribution in [1.29, 1.82) is 0 Å². The van der Waals surface area contributed by atoms with Crippen LogP contribution in [0, 0.1) is 23.4 Å². The molecule has 0 amide bonds. The molecule has 0 N–H and O–H groups in total. The maximum atomic E-state index is 15.0. The van der Waals surface area contributed by atoms with Crippen molar-refractivity contribution in [3.8, 4) is 11.1 Å². The van der Waals surface area contributed by atoms with Crippen LogP contribution in [-0.2, 0) is 20.3 Å². The van der Waals surface area contributed by atoms with Gasteiger partial charge in [0, 0.05) is 5.56 Å². The SMILES string of the molecule is CCCCCC1CCC(c2ccc(-c3ccc(C(F)(F)OC4COC(c5ccc(F)c(F)c5)OC4)c(F)c3)cc2)CC1. The Hall–Kier alpha value is -2.81. The molecule has 1 aliphatic carbocycles. The third-order valence-corrected chi connectivity index (χ3v) is 8.46. The average Bonchev–Trinajstić information content (AvgIpc) is 2.99. The molecule has 3 aromatic rings. The van der Waals surface area contributed by atoms with Gasteiger partial charge in [-0.1, -0.05) is 69.0 Å². The summed E-state index contributed by atoms with van der Waals surface area (Å²) in [5.74, 6) is -1.82. The van der Waals surface area contributed by atoms with Crippen molar-refractivity contribution in [3.63, 3.8) is 0 Å². The first kappa shape index (κ1) is 30.6. The third kappa shape index (κ3) is 7.39. The quantitative estimate of drug-likeness (QED) is 0.174. The zero-order valence-corrected chi connectivity index (χ0v) is 23.8. The molecule has 0 aromatic heterocycles. The van der Waals surface area contributed by atoms with Crippen molar-refractivity contribution in [3.05, 3.63) is 94.8 Å². The van der Waals surface area contributed by atoms with Gasteiger partial charge < -0.3 is 14.2 Å². The highest BCUT2D eigenvalue weighted by Crippen LogP contribution is 2.39. The van der Waals surface area contributed by atoms with Crippen LogP contribution in [0.15, 0.2) is 60.7 Å². The fraction of sp³-hybridized carbons (Fsp3) is 0.471. The maximum absolute atomic E-state index is 15.0. The van der Waals surface area contributed by atoms with Gasteiger partial charge in [-0.15, -0.1) is 0 Å². The Labute approximate surface area is 244 Å². The lowest BCUT2D eigenvalue weighted by molar-refractivity contribution is -0.321. The molecule has 1 heterocycles. The maximum Gasteiger partial charge on any atom is 0.386 e. The average molecular weight is 589 g/mol. The van der Waals surface area contributed by atoms with E-state index in [9.17, 15) is 22.0 Å². The highest BCUT2D eigenvalue weighted by molar-refractivity contribution is 5.64. The van der Waals surface area contributed by atoms with E-state index in [1.165, 1.54) is 69.1 Å².